The van der Waals surface area contributed by atoms with Gasteiger partial charge in [-0.1, -0.05) is 19.1 Å². The summed E-state index contributed by atoms with van der Waals surface area (Å²) in [6, 6.07) is 12.9. The van der Waals surface area contributed by atoms with E-state index in [0.717, 1.165) is 5.56 Å². The van der Waals surface area contributed by atoms with E-state index in [1.165, 1.54) is 12.1 Å². The van der Waals surface area contributed by atoms with Crippen LogP contribution in [0.15, 0.2) is 53.4 Å². The van der Waals surface area contributed by atoms with Crippen LogP contribution in [0.25, 0.3) is 0 Å². The molecule has 28 heavy (non-hydrogen) atoms. The van der Waals surface area contributed by atoms with Crippen LogP contribution in [0.3, 0.4) is 0 Å². The number of hydrogen-bond acceptors (Lipinski definition) is 5. The Morgan fingerprint density at radius 2 is 1.61 bits per heavy atom. The molecular formula is C20H24N2O5S. The Labute approximate surface area is 165 Å². The average Bonchev–Trinajstić information content (AvgIpc) is 2.67. The first-order valence-corrected chi connectivity index (χ1v) is 10.5. The minimum Gasteiger partial charge on any atom is -0.462 e. The lowest BCUT2D eigenvalue weighted by Crippen LogP contribution is -2.23. The number of carbonyl (C=O) groups is 2. The maximum absolute atomic E-state index is 12.1. The number of ether oxygens (including phenoxy) is 1. The minimum absolute atomic E-state index is 0.173. The van der Waals surface area contributed by atoms with Gasteiger partial charge in [0.05, 0.1) is 17.1 Å². The maximum atomic E-state index is 12.1. The lowest BCUT2D eigenvalue weighted by molar-refractivity contribution is -0.116. The van der Waals surface area contributed by atoms with Gasteiger partial charge in [-0.25, -0.2) is 17.9 Å². The van der Waals surface area contributed by atoms with Crippen molar-refractivity contribution in [3.8, 4) is 0 Å². The first kappa shape index (κ1) is 21.6. The largest absolute Gasteiger partial charge is 0.462 e. The van der Waals surface area contributed by atoms with E-state index in [1.54, 1.807) is 50.2 Å². The molecule has 2 aromatic carbocycles. The molecule has 0 spiro atoms. The molecule has 8 heteroatoms. The van der Waals surface area contributed by atoms with E-state index in [0.29, 0.717) is 30.8 Å². The number of carbonyl (C=O) groups excluding carboxylic acids is 2. The van der Waals surface area contributed by atoms with Crippen molar-refractivity contribution in [1.82, 2.24) is 4.72 Å². The third-order valence-corrected chi connectivity index (χ3v) is 5.45. The lowest BCUT2D eigenvalue weighted by atomic mass is 10.1. The van der Waals surface area contributed by atoms with Crippen LogP contribution < -0.4 is 10.0 Å². The monoisotopic (exact) mass is 404 g/mol. The zero-order valence-electron chi connectivity index (χ0n) is 15.9. The van der Waals surface area contributed by atoms with Crippen molar-refractivity contribution >= 4 is 27.6 Å². The predicted octanol–water partition coefficient (Wildman–Crippen LogP) is 2.73. The molecule has 0 saturated heterocycles. The van der Waals surface area contributed by atoms with Gasteiger partial charge in [-0.3, -0.25) is 4.79 Å². The summed E-state index contributed by atoms with van der Waals surface area (Å²) >= 11 is 0. The highest BCUT2D eigenvalue weighted by Crippen LogP contribution is 2.14. The molecule has 0 fully saturated rings. The van der Waals surface area contributed by atoms with Crippen LogP contribution in [-0.4, -0.2) is 33.4 Å². The molecule has 0 unspecified atom stereocenters. The molecule has 0 radical (unpaired) electrons. The molecule has 2 aromatic rings. The summed E-state index contributed by atoms with van der Waals surface area (Å²) in [6.45, 7) is 4.08. The van der Waals surface area contributed by atoms with Crippen molar-refractivity contribution in [1.29, 1.82) is 0 Å². The number of esters is 1. The number of rotatable bonds is 9. The Balaban J connectivity index is 1.88. The van der Waals surface area contributed by atoms with Crippen LogP contribution in [0.2, 0.25) is 0 Å². The van der Waals surface area contributed by atoms with Crippen molar-refractivity contribution in [2.75, 3.05) is 18.5 Å². The van der Waals surface area contributed by atoms with E-state index in [-0.39, 0.29) is 17.2 Å². The fourth-order valence-corrected chi connectivity index (χ4v) is 3.54. The van der Waals surface area contributed by atoms with Crippen LogP contribution in [0.1, 0.15) is 36.2 Å². The molecule has 2 rings (SSSR count). The summed E-state index contributed by atoms with van der Waals surface area (Å²) in [7, 11) is -3.47. The lowest BCUT2D eigenvalue weighted by Gasteiger charge is -2.08. The number of aryl methyl sites for hydroxylation is 1. The second-order valence-electron chi connectivity index (χ2n) is 5.99. The van der Waals surface area contributed by atoms with Gasteiger partial charge in [0.25, 0.3) is 0 Å². The van der Waals surface area contributed by atoms with Gasteiger partial charge in [0, 0.05) is 18.7 Å². The summed E-state index contributed by atoms with van der Waals surface area (Å²) in [5, 5.41) is 2.77. The predicted molar refractivity (Wildman–Crippen MR) is 107 cm³/mol. The fraction of sp³-hybridized carbons (Fsp3) is 0.300. The second-order valence-corrected chi connectivity index (χ2v) is 7.76. The van der Waals surface area contributed by atoms with Gasteiger partial charge in [0.1, 0.15) is 0 Å². The quantitative estimate of drug-likeness (QED) is 0.626. The summed E-state index contributed by atoms with van der Waals surface area (Å²) < 4.78 is 31.2. The summed E-state index contributed by atoms with van der Waals surface area (Å²) in [6.07, 6.45) is 0.729. The maximum Gasteiger partial charge on any atom is 0.338 e. The standard InChI is InChI=1S/C20H24N2O5S/c1-3-21-28(25,26)18-12-5-15(6-13-18)7-14-19(23)22-17-10-8-16(9-11-17)20(24)27-4-2/h5-6,8-13,21H,3-4,7,14H2,1-2H3,(H,22,23). The number of benzene rings is 2. The number of anilines is 1. The molecule has 0 atom stereocenters. The van der Waals surface area contributed by atoms with Gasteiger partial charge < -0.3 is 10.1 Å². The van der Waals surface area contributed by atoms with Crippen molar-refractivity contribution in [2.45, 2.75) is 31.6 Å². The number of nitrogens with one attached hydrogen (secondary N) is 2. The first-order valence-electron chi connectivity index (χ1n) is 9.01. The third-order valence-electron chi connectivity index (χ3n) is 3.89. The molecule has 0 aliphatic rings. The highest BCUT2D eigenvalue weighted by Gasteiger charge is 2.12. The van der Waals surface area contributed by atoms with Gasteiger partial charge >= 0.3 is 5.97 Å². The molecule has 0 bridgehead atoms. The summed E-state index contributed by atoms with van der Waals surface area (Å²) in [4.78, 5) is 23.9. The molecule has 0 aliphatic heterocycles. The zero-order valence-corrected chi connectivity index (χ0v) is 16.7. The highest BCUT2D eigenvalue weighted by atomic mass is 32.2. The Kier molecular flexibility index (Phi) is 7.71. The summed E-state index contributed by atoms with van der Waals surface area (Å²) in [5.74, 6) is -0.576. The Morgan fingerprint density at radius 1 is 0.964 bits per heavy atom. The van der Waals surface area contributed by atoms with E-state index in [9.17, 15) is 18.0 Å². The van der Waals surface area contributed by atoms with Crippen molar-refractivity contribution in [3.05, 3.63) is 59.7 Å². The molecule has 0 saturated carbocycles. The number of hydrogen-bond donors (Lipinski definition) is 2. The van der Waals surface area contributed by atoms with Gasteiger partial charge in [0.15, 0.2) is 0 Å². The van der Waals surface area contributed by atoms with Crippen molar-refractivity contribution in [3.63, 3.8) is 0 Å². The molecule has 150 valence electrons. The first-order chi connectivity index (χ1) is 13.4. The average molecular weight is 404 g/mol. The fourth-order valence-electron chi connectivity index (χ4n) is 2.49. The van der Waals surface area contributed by atoms with Gasteiger partial charge in [-0.2, -0.15) is 0 Å². The molecule has 2 N–H and O–H groups in total. The summed E-state index contributed by atoms with van der Waals surface area (Å²) in [5.41, 5.74) is 1.88. The third kappa shape index (κ3) is 6.17. The zero-order chi connectivity index (χ0) is 20.6. The minimum atomic E-state index is -3.47. The Hall–Kier alpha value is -2.71. The van der Waals surface area contributed by atoms with Gasteiger partial charge in [0.2, 0.25) is 15.9 Å². The van der Waals surface area contributed by atoms with Crippen LogP contribution in [0, 0.1) is 0 Å². The topological polar surface area (TPSA) is 102 Å². The van der Waals surface area contributed by atoms with Crippen LogP contribution in [0.5, 0.6) is 0 Å². The molecule has 7 nitrogen and oxygen atoms in total. The smallest absolute Gasteiger partial charge is 0.338 e. The number of sulfonamides is 1. The van der Waals surface area contributed by atoms with Gasteiger partial charge in [-0.05, 0) is 55.3 Å². The normalized spacial score (nSPS) is 11.1. The van der Waals surface area contributed by atoms with Crippen molar-refractivity contribution < 1.29 is 22.7 Å². The van der Waals surface area contributed by atoms with E-state index in [2.05, 4.69) is 10.0 Å². The van der Waals surface area contributed by atoms with E-state index in [1.807, 2.05) is 0 Å². The molecular weight excluding hydrogens is 380 g/mol. The van der Waals surface area contributed by atoms with E-state index < -0.39 is 16.0 Å². The number of amides is 1. The van der Waals surface area contributed by atoms with Crippen LogP contribution in [-0.2, 0) is 26.0 Å². The molecule has 0 heterocycles. The van der Waals surface area contributed by atoms with Crippen LogP contribution >= 0.6 is 0 Å². The van der Waals surface area contributed by atoms with E-state index >= 15 is 0 Å². The van der Waals surface area contributed by atoms with Crippen molar-refractivity contribution in [2.24, 2.45) is 0 Å². The molecule has 0 aliphatic carbocycles. The SMILES string of the molecule is CCNS(=O)(=O)c1ccc(CCC(=O)Nc2ccc(C(=O)OCC)cc2)cc1. The molecule has 1 amide bonds. The molecule has 0 aromatic heterocycles. The Bertz CT molecular complexity index is 907. The van der Waals surface area contributed by atoms with Crippen LogP contribution in [0.4, 0.5) is 5.69 Å². The second kappa shape index (κ2) is 10.0. The Morgan fingerprint density at radius 3 is 2.18 bits per heavy atom. The van der Waals surface area contributed by atoms with Gasteiger partial charge in [-0.15, -0.1) is 0 Å². The van der Waals surface area contributed by atoms with E-state index in [4.69, 9.17) is 4.74 Å². The highest BCUT2D eigenvalue weighted by molar-refractivity contribution is 7.89.